The lowest BCUT2D eigenvalue weighted by Gasteiger charge is -2.04. The Bertz CT molecular complexity index is 984. The van der Waals surface area contributed by atoms with E-state index in [4.69, 9.17) is 0 Å². The van der Waals surface area contributed by atoms with E-state index < -0.39 is 10.0 Å². The first-order chi connectivity index (χ1) is 11.9. The highest BCUT2D eigenvalue weighted by atomic mass is 32.2. The minimum Gasteiger partial charge on any atom is -0.297 e. The van der Waals surface area contributed by atoms with Crippen LogP contribution in [-0.2, 0) is 10.0 Å². The summed E-state index contributed by atoms with van der Waals surface area (Å²) in [6.07, 6.45) is 0. The molecule has 2 aromatic carbocycles. The molecule has 0 aliphatic carbocycles. The number of rotatable bonds is 5. The normalized spacial score (nSPS) is 11.1. The van der Waals surface area contributed by atoms with Crippen molar-refractivity contribution < 1.29 is 13.2 Å². The topological polar surface area (TPSA) is 101 Å². The Hall–Kier alpha value is -2.78. The van der Waals surface area contributed by atoms with Gasteiger partial charge in [0.2, 0.25) is 5.13 Å². The third-order valence-corrected chi connectivity index (χ3v) is 5.21. The van der Waals surface area contributed by atoms with E-state index in [2.05, 4.69) is 19.4 Å². The molecule has 0 radical (unpaired) electrons. The van der Waals surface area contributed by atoms with Gasteiger partial charge in [-0.15, -0.1) is 0 Å². The maximum absolute atomic E-state index is 12.3. The molecule has 1 amide bonds. The van der Waals surface area contributed by atoms with E-state index in [1.54, 1.807) is 42.5 Å². The van der Waals surface area contributed by atoms with Gasteiger partial charge in [0.1, 0.15) is 0 Å². The summed E-state index contributed by atoms with van der Waals surface area (Å²) in [5, 5.41) is 2.79. The average Bonchev–Trinajstić information content (AvgIpc) is 3.02. The summed E-state index contributed by atoms with van der Waals surface area (Å²) in [7, 11) is -3.78. The van der Waals surface area contributed by atoms with Crippen LogP contribution in [0.5, 0.6) is 0 Å². The number of aryl methyl sites for hydroxylation is 1. The quantitative estimate of drug-likeness (QED) is 0.715. The van der Waals surface area contributed by atoms with Crippen LogP contribution in [-0.4, -0.2) is 23.7 Å². The second-order valence-corrected chi connectivity index (χ2v) is 7.60. The second kappa shape index (κ2) is 6.99. The lowest BCUT2D eigenvalue weighted by molar-refractivity contribution is 0.102. The molecule has 2 N–H and O–H groups in total. The van der Waals surface area contributed by atoms with Gasteiger partial charge in [-0.3, -0.25) is 10.1 Å². The van der Waals surface area contributed by atoms with Crippen molar-refractivity contribution in [1.29, 1.82) is 0 Å². The molecule has 3 rings (SSSR count). The average molecular weight is 374 g/mol. The zero-order valence-electron chi connectivity index (χ0n) is 13.1. The number of carbonyl (C=O) groups excluding carboxylic acids is 1. The molecule has 0 atom stereocenters. The van der Waals surface area contributed by atoms with Gasteiger partial charge in [-0.05, 0) is 31.2 Å². The zero-order valence-corrected chi connectivity index (χ0v) is 14.8. The van der Waals surface area contributed by atoms with E-state index in [1.807, 2.05) is 6.92 Å². The van der Waals surface area contributed by atoms with E-state index in [1.165, 1.54) is 12.1 Å². The Morgan fingerprint density at radius 3 is 2.40 bits per heavy atom. The van der Waals surface area contributed by atoms with Gasteiger partial charge in [0.15, 0.2) is 0 Å². The molecule has 25 heavy (non-hydrogen) atoms. The molecular formula is C16H14N4O3S2. The number of carbonyl (C=O) groups is 1. The van der Waals surface area contributed by atoms with Crippen LogP contribution < -0.4 is 10.0 Å². The van der Waals surface area contributed by atoms with Crippen LogP contribution in [0.3, 0.4) is 0 Å². The van der Waals surface area contributed by atoms with Crippen molar-refractivity contribution in [2.45, 2.75) is 11.8 Å². The van der Waals surface area contributed by atoms with E-state index >= 15 is 0 Å². The van der Waals surface area contributed by atoms with Crippen LogP contribution in [0, 0.1) is 6.92 Å². The predicted octanol–water partition coefficient (Wildman–Crippen LogP) is 2.90. The lowest BCUT2D eigenvalue weighted by atomic mass is 10.2. The monoisotopic (exact) mass is 374 g/mol. The summed E-state index contributed by atoms with van der Waals surface area (Å²) in [6.45, 7) is 1.87. The van der Waals surface area contributed by atoms with Gasteiger partial charge in [-0.2, -0.15) is 9.36 Å². The van der Waals surface area contributed by atoms with Gasteiger partial charge in [0.25, 0.3) is 21.9 Å². The van der Waals surface area contributed by atoms with E-state index in [0.717, 1.165) is 17.1 Å². The molecule has 1 heterocycles. The Kier molecular flexibility index (Phi) is 4.77. The summed E-state index contributed by atoms with van der Waals surface area (Å²) in [5.74, 6) is -0.432. The molecule has 7 nitrogen and oxygen atoms in total. The molecule has 0 spiro atoms. The van der Waals surface area contributed by atoms with E-state index in [-0.39, 0.29) is 21.9 Å². The minimum absolute atomic E-state index is 0.0889. The first-order valence-electron chi connectivity index (χ1n) is 7.24. The third-order valence-electron chi connectivity index (χ3n) is 3.24. The van der Waals surface area contributed by atoms with Gasteiger partial charge < -0.3 is 0 Å². The molecule has 0 fully saturated rings. The second-order valence-electron chi connectivity index (χ2n) is 5.16. The number of hydrogen-bond acceptors (Lipinski definition) is 6. The van der Waals surface area contributed by atoms with Crippen molar-refractivity contribution >= 4 is 38.5 Å². The number of amides is 1. The number of anilines is 2. The van der Waals surface area contributed by atoms with Crippen molar-refractivity contribution in [2.24, 2.45) is 0 Å². The van der Waals surface area contributed by atoms with Crippen molar-refractivity contribution in [1.82, 2.24) is 9.36 Å². The molecule has 0 aliphatic rings. The molecule has 0 unspecified atom stereocenters. The van der Waals surface area contributed by atoms with Crippen LogP contribution in [0.2, 0.25) is 0 Å². The molecular weight excluding hydrogens is 360 g/mol. The maximum Gasteiger partial charge on any atom is 0.264 e. The minimum atomic E-state index is -3.78. The molecule has 0 bridgehead atoms. The fourth-order valence-electron chi connectivity index (χ4n) is 1.97. The SMILES string of the molecule is Cc1ccc(S(=O)(=O)Nc2nsc(NC(=O)c3ccccc3)n2)cc1. The van der Waals surface area contributed by atoms with E-state index in [0.29, 0.717) is 5.56 Å². The van der Waals surface area contributed by atoms with E-state index in [9.17, 15) is 13.2 Å². The number of aromatic nitrogens is 2. The first-order valence-corrected chi connectivity index (χ1v) is 9.49. The molecule has 9 heteroatoms. The fourth-order valence-corrected chi connectivity index (χ4v) is 3.50. The molecule has 0 saturated heterocycles. The number of hydrogen-bond donors (Lipinski definition) is 2. The molecule has 128 valence electrons. The Labute approximate surface area is 149 Å². The van der Waals surface area contributed by atoms with Gasteiger partial charge >= 0.3 is 0 Å². The van der Waals surface area contributed by atoms with Crippen molar-refractivity contribution in [3.05, 3.63) is 65.7 Å². The third kappa shape index (κ3) is 4.20. The lowest BCUT2D eigenvalue weighted by Crippen LogP contribution is -2.14. The Morgan fingerprint density at radius 1 is 1.04 bits per heavy atom. The summed E-state index contributed by atoms with van der Waals surface area (Å²) in [4.78, 5) is 16.2. The van der Waals surface area contributed by atoms with Gasteiger partial charge in [-0.25, -0.2) is 13.1 Å². The largest absolute Gasteiger partial charge is 0.297 e. The van der Waals surface area contributed by atoms with Gasteiger partial charge in [0.05, 0.1) is 4.90 Å². The first kappa shape index (κ1) is 17.1. The highest BCUT2D eigenvalue weighted by molar-refractivity contribution is 7.92. The van der Waals surface area contributed by atoms with Crippen LogP contribution in [0.1, 0.15) is 15.9 Å². The predicted molar refractivity (Wildman–Crippen MR) is 96.3 cm³/mol. The number of nitrogens with one attached hydrogen (secondary N) is 2. The van der Waals surface area contributed by atoms with Crippen LogP contribution in [0.4, 0.5) is 11.1 Å². The molecule has 1 aromatic heterocycles. The van der Waals surface area contributed by atoms with Crippen molar-refractivity contribution in [3.63, 3.8) is 0 Å². The number of nitrogens with zero attached hydrogens (tertiary/aromatic N) is 2. The Morgan fingerprint density at radius 2 is 1.72 bits per heavy atom. The standard InChI is InChI=1S/C16H14N4O3S2/c1-11-7-9-13(10-8-11)25(22,23)20-15-18-16(24-19-15)17-14(21)12-5-3-2-4-6-12/h2-10H,1H3,(H2,17,18,19,20,21). The fraction of sp³-hybridized carbons (Fsp3) is 0.0625. The summed E-state index contributed by atoms with van der Waals surface area (Å²) < 4.78 is 30.8. The summed E-state index contributed by atoms with van der Waals surface area (Å²) in [6, 6.07) is 15.0. The van der Waals surface area contributed by atoms with Crippen LogP contribution in [0.15, 0.2) is 59.5 Å². The van der Waals surface area contributed by atoms with Crippen LogP contribution in [0.25, 0.3) is 0 Å². The highest BCUT2D eigenvalue weighted by Gasteiger charge is 2.17. The van der Waals surface area contributed by atoms with Crippen molar-refractivity contribution in [2.75, 3.05) is 10.0 Å². The van der Waals surface area contributed by atoms with Crippen LogP contribution >= 0.6 is 11.5 Å². The van der Waals surface area contributed by atoms with Crippen molar-refractivity contribution in [3.8, 4) is 0 Å². The van der Waals surface area contributed by atoms with Gasteiger partial charge in [0, 0.05) is 17.1 Å². The van der Waals surface area contributed by atoms with Gasteiger partial charge in [-0.1, -0.05) is 35.9 Å². The smallest absolute Gasteiger partial charge is 0.264 e. The Balaban J connectivity index is 1.71. The summed E-state index contributed by atoms with van der Waals surface area (Å²) >= 11 is 0.891. The summed E-state index contributed by atoms with van der Waals surface area (Å²) in [5.41, 5.74) is 1.43. The highest BCUT2D eigenvalue weighted by Crippen LogP contribution is 2.19. The molecule has 0 aliphatic heterocycles. The molecule has 0 saturated carbocycles. The number of benzene rings is 2. The molecule has 3 aromatic rings. The maximum atomic E-state index is 12.3. The number of sulfonamides is 1. The zero-order chi connectivity index (χ0) is 17.9.